The molecule has 2 unspecified atom stereocenters. The number of unbranched alkanes of at least 4 members (excludes halogenated alkanes) is 4. The number of methoxy groups -OCH3 is 2. The second kappa shape index (κ2) is 51.8. The fourth-order valence-corrected chi connectivity index (χ4v) is 14.0. The highest BCUT2D eigenvalue weighted by Crippen LogP contribution is 2.48. The smallest absolute Gasteiger partial charge is 0.346 e. The molecule has 0 radical (unpaired) electrons. The fourth-order valence-electron chi connectivity index (χ4n) is 14.0. The van der Waals surface area contributed by atoms with E-state index in [2.05, 4.69) is 0 Å². The standard InChI is InChI=1S/C28H34O6.2C26H30O6.C22H22O6/c1-3-31-25(29)17-9-11-19-33-27-21-13-5-7-15-23(21)28(24-16-8-6-14-22(24)27)34-20-12-10-18-26(30)32-4-2;1-3-29-23(27)15-9-17-31-25-19-11-5-7-13-21(19)26(22-14-8-6-12-20(22)25)32-18-10-16-24(28)30-4-2;1-3-5-15-29-23(27)17-31-25-19-11-7-9-13-21(19)26(22-14-10-8-12-20(22)25)32-18-24(28)30-16-6-4-2;1-13(21(23)25-3)27-19-15-9-5-7-11-17(15)20(28-14(2)22(24)26-4)18-12-8-6-10-16(18)19/h5-8,13-16H,3-4,9-12,17-20H2,1-2H3;5-8,11-14H,3-4,9-10,15-18H2,1-2H3;7-14H,3-6,15-18H2,1-2H3;5-14H,1-4H3. The average Bonchev–Trinajstić information content (AvgIpc) is 0.761. The Morgan fingerprint density at radius 2 is 0.429 bits per heavy atom. The number of hydrogen-bond donors (Lipinski definition) is 0. The van der Waals surface area contributed by atoms with Gasteiger partial charge < -0.3 is 75.8 Å². The predicted octanol–water partition coefficient (Wildman–Crippen LogP) is 21.0. The van der Waals surface area contributed by atoms with Gasteiger partial charge in [0.25, 0.3) is 0 Å². The number of carbonyl (C=O) groups excluding carboxylic acids is 8. The monoisotopic (exact) mass is 1720 g/mol. The van der Waals surface area contributed by atoms with Gasteiger partial charge in [-0.1, -0.05) is 221 Å². The molecule has 0 fully saturated rings. The molecule has 0 aromatic heterocycles. The van der Waals surface area contributed by atoms with Gasteiger partial charge in [0.05, 0.1) is 80.3 Å². The van der Waals surface area contributed by atoms with Gasteiger partial charge in [-0.2, -0.15) is 0 Å². The third-order valence-corrected chi connectivity index (χ3v) is 20.0. The molecule has 24 heteroatoms. The van der Waals surface area contributed by atoms with E-state index >= 15 is 0 Å². The van der Waals surface area contributed by atoms with Gasteiger partial charge >= 0.3 is 47.8 Å². The Labute approximate surface area is 735 Å². The summed E-state index contributed by atoms with van der Waals surface area (Å²) in [5, 5.41) is 14.0. The van der Waals surface area contributed by atoms with Crippen LogP contribution in [0.5, 0.6) is 46.0 Å². The molecule has 2 atom stereocenters. The summed E-state index contributed by atoms with van der Waals surface area (Å²) >= 11 is 0. The van der Waals surface area contributed by atoms with Crippen molar-refractivity contribution >= 4 is 134 Å². The van der Waals surface area contributed by atoms with Crippen LogP contribution < -0.4 is 37.9 Å². The maximum absolute atomic E-state index is 12.1. The molecule has 24 nitrogen and oxygen atoms in total. The van der Waals surface area contributed by atoms with Crippen LogP contribution in [0, 0.1) is 0 Å². The minimum Gasteiger partial charge on any atom is -0.492 e. The Morgan fingerprint density at radius 1 is 0.230 bits per heavy atom. The molecule has 0 bridgehead atoms. The van der Waals surface area contributed by atoms with E-state index in [0.29, 0.717) is 128 Å². The highest BCUT2D eigenvalue weighted by atomic mass is 16.6. The normalized spacial score (nSPS) is 11.3. The third-order valence-electron chi connectivity index (χ3n) is 20.0. The van der Waals surface area contributed by atoms with E-state index in [4.69, 9.17) is 75.8 Å². The number of rotatable bonds is 44. The van der Waals surface area contributed by atoms with E-state index in [-0.39, 0.29) is 37.1 Å². The first-order chi connectivity index (χ1) is 61.4. The zero-order valence-electron chi connectivity index (χ0n) is 73.8. The van der Waals surface area contributed by atoms with Gasteiger partial charge in [-0.3, -0.25) is 19.2 Å². The van der Waals surface area contributed by atoms with Gasteiger partial charge in [0, 0.05) is 112 Å². The predicted molar refractivity (Wildman–Crippen MR) is 487 cm³/mol. The molecule has 0 amide bonds. The number of fused-ring (bicyclic) bond motifs is 8. The Hall–Kier alpha value is -13.1. The van der Waals surface area contributed by atoms with Gasteiger partial charge in [0.15, 0.2) is 25.4 Å². The highest BCUT2D eigenvalue weighted by Gasteiger charge is 2.26. The van der Waals surface area contributed by atoms with Crippen molar-refractivity contribution in [2.24, 2.45) is 0 Å². The summed E-state index contributed by atoms with van der Waals surface area (Å²) in [6, 6.07) is 62.3. The minimum atomic E-state index is -0.780. The summed E-state index contributed by atoms with van der Waals surface area (Å²) in [6.07, 6.45) is 7.59. The molecule has 668 valence electrons. The maximum atomic E-state index is 12.1. The van der Waals surface area contributed by atoms with Crippen molar-refractivity contribution in [1.82, 2.24) is 0 Å². The summed E-state index contributed by atoms with van der Waals surface area (Å²) in [6.45, 7) is 18.4. The number of ether oxygens (including phenoxy) is 16. The molecule has 0 spiro atoms. The lowest BCUT2D eigenvalue weighted by molar-refractivity contribution is -0.148. The van der Waals surface area contributed by atoms with Gasteiger partial charge in [-0.25, -0.2) is 19.2 Å². The first-order valence-electron chi connectivity index (χ1n) is 43.4. The molecule has 0 aliphatic heterocycles. The summed E-state index contributed by atoms with van der Waals surface area (Å²) in [5.41, 5.74) is 0. The first-order valence-corrected chi connectivity index (χ1v) is 43.4. The molecular weight excluding hydrogens is 1610 g/mol. The molecule has 0 saturated heterocycles. The van der Waals surface area contributed by atoms with Crippen molar-refractivity contribution in [2.75, 3.05) is 93.5 Å². The van der Waals surface area contributed by atoms with Crippen LogP contribution in [-0.4, -0.2) is 153 Å². The van der Waals surface area contributed by atoms with Gasteiger partial charge in [0.2, 0.25) is 0 Å². The molecule has 0 heterocycles. The lowest BCUT2D eigenvalue weighted by Gasteiger charge is -2.21. The summed E-state index contributed by atoms with van der Waals surface area (Å²) in [4.78, 5) is 94.3. The van der Waals surface area contributed by atoms with Crippen LogP contribution in [0.25, 0.3) is 86.2 Å². The topological polar surface area (TPSA) is 284 Å². The third kappa shape index (κ3) is 27.4. The van der Waals surface area contributed by atoms with Crippen molar-refractivity contribution in [2.45, 2.75) is 157 Å². The second-order valence-corrected chi connectivity index (χ2v) is 29.0. The molecule has 126 heavy (non-hydrogen) atoms. The van der Waals surface area contributed by atoms with Crippen LogP contribution in [0.15, 0.2) is 194 Å². The Bertz CT molecular complexity index is 5040. The van der Waals surface area contributed by atoms with Crippen molar-refractivity contribution in [1.29, 1.82) is 0 Å². The summed E-state index contributed by atoms with van der Waals surface area (Å²) in [7, 11) is 2.65. The molecule has 0 aliphatic carbocycles. The molecular formula is C102H116O24. The molecule has 12 aromatic rings. The first kappa shape index (κ1) is 96.7. The number of carbonyl (C=O) groups is 8. The van der Waals surface area contributed by atoms with Crippen molar-refractivity contribution in [3.8, 4) is 46.0 Å². The maximum Gasteiger partial charge on any atom is 0.346 e. The van der Waals surface area contributed by atoms with Gasteiger partial charge in [-0.15, -0.1) is 0 Å². The average molecular weight is 1730 g/mol. The molecule has 12 aromatic carbocycles. The van der Waals surface area contributed by atoms with Crippen LogP contribution >= 0.6 is 0 Å². The van der Waals surface area contributed by atoms with Crippen molar-refractivity contribution in [3.05, 3.63) is 194 Å². The Balaban J connectivity index is 0.000000190. The molecule has 0 aliphatic rings. The lowest BCUT2D eigenvalue weighted by Crippen LogP contribution is -2.26. The highest BCUT2D eigenvalue weighted by molar-refractivity contribution is 6.15. The van der Waals surface area contributed by atoms with E-state index < -0.39 is 36.1 Å². The largest absolute Gasteiger partial charge is 0.492 e. The van der Waals surface area contributed by atoms with Crippen LogP contribution in [0.2, 0.25) is 0 Å². The van der Waals surface area contributed by atoms with E-state index in [0.717, 1.165) is 161 Å². The number of benzene rings is 12. The van der Waals surface area contributed by atoms with Crippen LogP contribution in [0.3, 0.4) is 0 Å². The van der Waals surface area contributed by atoms with E-state index in [1.54, 1.807) is 27.7 Å². The lowest BCUT2D eigenvalue weighted by atomic mass is 10.0. The minimum absolute atomic E-state index is 0.165. The van der Waals surface area contributed by atoms with Gasteiger partial charge in [0.1, 0.15) is 46.0 Å². The summed E-state index contributed by atoms with van der Waals surface area (Å²) < 4.78 is 88.7. The molecule has 12 rings (SSSR count). The van der Waals surface area contributed by atoms with Crippen LogP contribution in [0.4, 0.5) is 0 Å². The second-order valence-electron chi connectivity index (χ2n) is 29.0. The quantitative estimate of drug-likeness (QED) is 0.0148. The SMILES string of the molecule is CCCCOC(=O)COc1c2ccccc2c(OCC(=O)OCCCC)c2ccccc12.CCOC(=O)CCCCOc1c2ccccc2c(OCCCCC(=O)OCC)c2ccccc12.CCOC(=O)CCCOc1c2ccccc2c(OCCCC(=O)OCC)c2ccccc12.COC(=O)C(C)Oc1c2ccccc2c(OC(C)C(=O)OC)c2ccccc12. The fraction of sp³-hybridized carbons (Fsp3) is 0.373. The van der Waals surface area contributed by atoms with E-state index in [9.17, 15) is 38.4 Å². The zero-order valence-corrected chi connectivity index (χ0v) is 73.8. The van der Waals surface area contributed by atoms with Gasteiger partial charge in [-0.05, 0) is 92.9 Å². The molecule has 0 N–H and O–H groups in total. The number of hydrogen-bond acceptors (Lipinski definition) is 24. The summed E-state index contributed by atoms with van der Waals surface area (Å²) in [5.74, 6) is 3.02. The number of esters is 8. The van der Waals surface area contributed by atoms with Crippen molar-refractivity contribution < 1.29 is 114 Å². The zero-order chi connectivity index (χ0) is 90.0. The van der Waals surface area contributed by atoms with Crippen LogP contribution in [0.1, 0.15) is 145 Å². The Kier molecular flexibility index (Phi) is 39.8. The Morgan fingerprint density at radius 3 is 0.635 bits per heavy atom. The van der Waals surface area contributed by atoms with Crippen LogP contribution in [-0.2, 0) is 76.3 Å². The molecule has 0 saturated carbocycles. The van der Waals surface area contributed by atoms with E-state index in [1.807, 2.05) is 222 Å². The van der Waals surface area contributed by atoms with Crippen molar-refractivity contribution in [3.63, 3.8) is 0 Å². The van der Waals surface area contributed by atoms with E-state index in [1.165, 1.54) is 14.2 Å².